The van der Waals surface area contributed by atoms with Crippen molar-refractivity contribution in [2.24, 2.45) is 11.1 Å². The number of hydrogen-bond donors (Lipinski definition) is 2. The van der Waals surface area contributed by atoms with Gasteiger partial charge >= 0.3 is 0 Å². The van der Waals surface area contributed by atoms with E-state index in [9.17, 15) is 0 Å². The maximum absolute atomic E-state index is 7.51. The molecule has 2 aromatic carbocycles. The zero-order valence-electron chi connectivity index (χ0n) is 11.4. The number of rotatable bonds is 5. The Morgan fingerprint density at radius 1 is 1.16 bits per heavy atom. The van der Waals surface area contributed by atoms with E-state index in [1.54, 1.807) is 0 Å². The molecule has 0 atom stereocenters. The molecular weight excluding hydrogens is 236 g/mol. The van der Waals surface area contributed by atoms with Gasteiger partial charge in [-0.3, -0.25) is 5.41 Å². The largest absolute Gasteiger partial charge is 0.494 e. The van der Waals surface area contributed by atoms with Crippen molar-refractivity contribution >= 4 is 16.6 Å². The highest BCUT2D eigenvalue weighted by atomic mass is 16.5. The quantitative estimate of drug-likeness (QED) is 0.634. The lowest BCUT2D eigenvalue weighted by molar-refractivity contribution is 0.269. The average molecular weight is 256 g/mol. The van der Waals surface area contributed by atoms with Crippen molar-refractivity contribution in [3.8, 4) is 5.75 Å². The smallest absolute Gasteiger partial charge is 0.119 e. The van der Waals surface area contributed by atoms with Gasteiger partial charge in [0.15, 0.2) is 0 Å². The maximum atomic E-state index is 7.51. The highest BCUT2D eigenvalue weighted by molar-refractivity contribution is 5.84. The highest BCUT2D eigenvalue weighted by Crippen LogP contribution is 2.23. The van der Waals surface area contributed by atoms with Crippen LogP contribution in [0.5, 0.6) is 5.75 Å². The molecule has 3 heteroatoms. The number of nitrogens with two attached hydrogens (primary N) is 1. The first-order chi connectivity index (χ1) is 8.99. The van der Waals surface area contributed by atoms with Crippen LogP contribution < -0.4 is 10.5 Å². The van der Waals surface area contributed by atoms with E-state index in [1.807, 2.05) is 38.1 Å². The monoisotopic (exact) mass is 256 g/mol. The number of benzene rings is 2. The van der Waals surface area contributed by atoms with E-state index < -0.39 is 0 Å². The third-order valence-corrected chi connectivity index (χ3v) is 3.45. The van der Waals surface area contributed by atoms with Gasteiger partial charge in [0, 0.05) is 5.41 Å². The summed E-state index contributed by atoms with van der Waals surface area (Å²) < 4.78 is 5.75. The van der Waals surface area contributed by atoms with Gasteiger partial charge in [-0.1, -0.05) is 44.2 Å². The zero-order valence-corrected chi connectivity index (χ0v) is 11.4. The maximum Gasteiger partial charge on any atom is 0.119 e. The Morgan fingerprint density at radius 2 is 1.84 bits per heavy atom. The molecule has 3 nitrogen and oxygen atoms in total. The van der Waals surface area contributed by atoms with Crippen LogP contribution in [0.4, 0.5) is 0 Å². The predicted molar refractivity (Wildman–Crippen MR) is 79.8 cm³/mol. The summed E-state index contributed by atoms with van der Waals surface area (Å²) >= 11 is 0. The third kappa shape index (κ3) is 3.25. The molecule has 0 bridgehead atoms. The minimum absolute atomic E-state index is 0.203. The number of nitrogens with one attached hydrogen (secondary N) is 1. The van der Waals surface area contributed by atoms with Crippen molar-refractivity contribution in [3.63, 3.8) is 0 Å². The SMILES string of the molecule is CC(C)(CCOc1ccc2ccccc2c1)C(=N)N. The van der Waals surface area contributed by atoms with Gasteiger partial charge in [-0.15, -0.1) is 0 Å². The molecule has 2 aromatic rings. The van der Waals surface area contributed by atoms with E-state index in [-0.39, 0.29) is 11.3 Å². The van der Waals surface area contributed by atoms with Gasteiger partial charge in [-0.05, 0) is 29.3 Å². The Balaban J connectivity index is 2.00. The first kappa shape index (κ1) is 13.4. The molecule has 0 amide bonds. The normalized spacial score (nSPS) is 11.5. The standard InChI is InChI=1S/C16H20N2O/c1-16(2,15(17)18)9-10-19-14-8-7-12-5-3-4-6-13(12)11-14/h3-8,11H,9-10H2,1-2H3,(H3,17,18). The second kappa shape index (κ2) is 5.31. The molecule has 0 aromatic heterocycles. The first-order valence-electron chi connectivity index (χ1n) is 6.45. The Hall–Kier alpha value is -2.03. The first-order valence-corrected chi connectivity index (χ1v) is 6.45. The van der Waals surface area contributed by atoms with E-state index in [1.165, 1.54) is 10.8 Å². The second-order valence-corrected chi connectivity index (χ2v) is 5.40. The average Bonchev–Trinajstić information content (AvgIpc) is 2.38. The van der Waals surface area contributed by atoms with Gasteiger partial charge in [0.05, 0.1) is 12.4 Å². The molecule has 0 aliphatic carbocycles. The van der Waals surface area contributed by atoms with Crippen LogP contribution in [0.2, 0.25) is 0 Å². The third-order valence-electron chi connectivity index (χ3n) is 3.45. The Labute approximate surface area is 113 Å². The Morgan fingerprint density at radius 3 is 2.53 bits per heavy atom. The molecule has 0 heterocycles. The minimum atomic E-state index is -0.309. The van der Waals surface area contributed by atoms with E-state index >= 15 is 0 Å². The van der Waals surface area contributed by atoms with Crippen LogP contribution in [0.15, 0.2) is 42.5 Å². The van der Waals surface area contributed by atoms with Crippen LogP contribution in [-0.4, -0.2) is 12.4 Å². The molecule has 0 fully saturated rings. The number of fused-ring (bicyclic) bond motifs is 1. The lowest BCUT2D eigenvalue weighted by Gasteiger charge is -2.22. The summed E-state index contributed by atoms with van der Waals surface area (Å²) in [6.07, 6.45) is 0.731. The lowest BCUT2D eigenvalue weighted by Crippen LogP contribution is -2.32. The van der Waals surface area contributed by atoms with Crippen LogP contribution in [0, 0.1) is 10.8 Å². The van der Waals surface area contributed by atoms with Crippen LogP contribution >= 0.6 is 0 Å². The molecule has 100 valence electrons. The van der Waals surface area contributed by atoms with Gasteiger partial charge in [-0.2, -0.15) is 0 Å². The van der Waals surface area contributed by atoms with Crippen LogP contribution in [0.1, 0.15) is 20.3 Å². The van der Waals surface area contributed by atoms with E-state index in [2.05, 4.69) is 18.2 Å². The molecule has 0 aliphatic rings. The van der Waals surface area contributed by atoms with Crippen molar-refractivity contribution in [1.29, 1.82) is 5.41 Å². The topological polar surface area (TPSA) is 59.1 Å². The molecule has 0 saturated carbocycles. The van der Waals surface area contributed by atoms with Gasteiger partial charge in [0.2, 0.25) is 0 Å². The second-order valence-electron chi connectivity index (χ2n) is 5.40. The molecule has 19 heavy (non-hydrogen) atoms. The predicted octanol–water partition coefficient (Wildman–Crippen LogP) is 3.57. The number of ether oxygens (including phenoxy) is 1. The fourth-order valence-electron chi connectivity index (χ4n) is 1.82. The molecule has 3 N–H and O–H groups in total. The minimum Gasteiger partial charge on any atom is -0.494 e. The summed E-state index contributed by atoms with van der Waals surface area (Å²) in [6, 6.07) is 14.3. The zero-order chi connectivity index (χ0) is 13.9. The summed E-state index contributed by atoms with van der Waals surface area (Å²) in [5, 5.41) is 9.89. The fourth-order valence-corrected chi connectivity index (χ4v) is 1.82. The highest BCUT2D eigenvalue weighted by Gasteiger charge is 2.21. The lowest BCUT2D eigenvalue weighted by atomic mass is 9.88. The van der Waals surface area contributed by atoms with Gasteiger partial charge in [0.1, 0.15) is 5.75 Å². The van der Waals surface area contributed by atoms with Gasteiger partial charge in [0.25, 0.3) is 0 Å². The van der Waals surface area contributed by atoms with Crippen LogP contribution in [-0.2, 0) is 0 Å². The molecule has 0 unspecified atom stereocenters. The van der Waals surface area contributed by atoms with Crippen molar-refractivity contribution in [2.75, 3.05) is 6.61 Å². The van der Waals surface area contributed by atoms with Gasteiger partial charge < -0.3 is 10.5 Å². The van der Waals surface area contributed by atoms with Crippen LogP contribution in [0.25, 0.3) is 10.8 Å². The molecule has 0 saturated heterocycles. The van der Waals surface area contributed by atoms with Crippen LogP contribution in [0.3, 0.4) is 0 Å². The van der Waals surface area contributed by atoms with Crippen molar-refractivity contribution in [1.82, 2.24) is 0 Å². The van der Waals surface area contributed by atoms with Crippen molar-refractivity contribution in [3.05, 3.63) is 42.5 Å². The fraction of sp³-hybridized carbons (Fsp3) is 0.312. The summed E-state index contributed by atoms with van der Waals surface area (Å²) in [4.78, 5) is 0. The Bertz CT molecular complexity index is 590. The number of amidine groups is 1. The molecule has 2 rings (SSSR count). The number of hydrogen-bond acceptors (Lipinski definition) is 2. The Kier molecular flexibility index (Phi) is 3.74. The van der Waals surface area contributed by atoms with Crippen molar-refractivity contribution < 1.29 is 4.74 Å². The van der Waals surface area contributed by atoms with E-state index in [4.69, 9.17) is 15.9 Å². The van der Waals surface area contributed by atoms with E-state index in [0.717, 1.165) is 12.2 Å². The van der Waals surface area contributed by atoms with Gasteiger partial charge in [-0.25, -0.2) is 0 Å². The summed E-state index contributed by atoms with van der Waals surface area (Å²) in [6.45, 7) is 4.48. The molecule has 0 spiro atoms. The molecule has 0 radical (unpaired) electrons. The summed E-state index contributed by atoms with van der Waals surface area (Å²) in [5.41, 5.74) is 5.24. The summed E-state index contributed by atoms with van der Waals surface area (Å²) in [5.74, 6) is 1.06. The summed E-state index contributed by atoms with van der Waals surface area (Å²) in [7, 11) is 0. The molecular formula is C16H20N2O. The van der Waals surface area contributed by atoms with E-state index in [0.29, 0.717) is 6.61 Å². The van der Waals surface area contributed by atoms with Crippen molar-refractivity contribution in [2.45, 2.75) is 20.3 Å². The molecule has 0 aliphatic heterocycles.